The van der Waals surface area contributed by atoms with Crippen molar-refractivity contribution in [2.75, 3.05) is 33.4 Å². The van der Waals surface area contributed by atoms with Crippen LogP contribution in [0.2, 0.25) is 0 Å². The number of amides is 1. The molecule has 6 nitrogen and oxygen atoms in total. The molecule has 0 saturated carbocycles. The van der Waals surface area contributed by atoms with Crippen molar-refractivity contribution >= 4 is 5.91 Å². The van der Waals surface area contributed by atoms with Crippen molar-refractivity contribution in [3.8, 4) is 11.5 Å². The van der Waals surface area contributed by atoms with Gasteiger partial charge < -0.3 is 25.2 Å². The maximum atomic E-state index is 11.2. The number of rotatable bonds is 10. The van der Waals surface area contributed by atoms with Gasteiger partial charge in [-0.15, -0.1) is 0 Å². The van der Waals surface area contributed by atoms with E-state index in [0.29, 0.717) is 37.6 Å². The van der Waals surface area contributed by atoms with Crippen molar-refractivity contribution in [3.63, 3.8) is 0 Å². The predicted octanol–water partition coefficient (Wildman–Crippen LogP) is 0.551. The molecule has 0 radical (unpaired) electrons. The van der Waals surface area contributed by atoms with Gasteiger partial charge in [0.25, 0.3) is 0 Å². The van der Waals surface area contributed by atoms with Crippen LogP contribution in [0.4, 0.5) is 0 Å². The molecular formula is C15H24N2O4. The number of carbonyl (C=O) groups excluding carboxylic acids is 1. The fraction of sp³-hybridized carbons (Fsp3) is 0.533. The van der Waals surface area contributed by atoms with Crippen LogP contribution in [0.1, 0.15) is 13.3 Å². The van der Waals surface area contributed by atoms with Crippen LogP contribution in [0.15, 0.2) is 24.3 Å². The minimum atomic E-state index is -0.649. The molecular weight excluding hydrogens is 272 g/mol. The largest absolute Gasteiger partial charge is 0.493 e. The minimum Gasteiger partial charge on any atom is -0.493 e. The molecule has 1 rings (SSSR count). The molecule has 118 valence electrons. The van der Waals surface area contributed by atoms with Gasteiger partial charge in [0.1, 0.15) is 12.7 Å². The Morgan fingerprint density at radius 1 is 1.33 bits per heavy atom. The third-order valence-corrected chi connectivity index (χ3v) is 2.78. The van der Waals surface area contributed by atoms with Crippen molar-refractivity contribution in [2.45, 2.75) is 19.4 Å². The minimum absolute atomic E-state index is 0.00441. The predicted molar refractivity (Wildman–Crippen MR) is 80.7 cm³/mol. The Morgan fingerprint density at radius 3 is 2.71 bits per heavy atom. The summed E-state index contributed by atoms with van der Waals surface area (Å²) in [5.41, 5.74) is 0. The molecule has 3 N–H and O–H groups in total. The first-order chi connectivity index (χ1) is 10.2. The first-order valence-electron chi connectivity index (χ1n) is 7.08. The molecule has 1 amide bonds. The fourth-order valence-electron chi connectivity index (χ4n) is 1.74. The molecule has 0 aromatic heterocycles. The fourth-order valence-corrected chi connectivity index (χ4v) is 1.74. The maximum absolute atomic E-state index is 11.2. The number of ether oxygens (including phenoxy) is 2. The third kappa shape index (κ3) is 6.97. The van der Waals surface area contributed by atoms with Crippen molar-refractivity contribution in [2.24, 2.45) is 0 Å². The summed E-state index contributed by atoms with van der Waals surface area (Å²) in [5, 5.41) is 15.5. The van der Waals surface area contributed by atoms with E-state index in [1.807, 2.05) is 19.1 Å². The van der Waals surface area contributed by atoms with Crippen LogP contribution in [0.3, 0.4) is 0 Å². The van der Waals surface area contributed by atoms with E-state index >= 15 is 0 Å². The number of carbonyl (C=O) groups is 1. The normalized spacial score (nSPS) is 11.8. The second kappa shape index (κ2) is 10.0. The van der Waals surface area contributed by atoms with Crippen LogP contribution in [-0.2, 0) is 4.79 Å². The van der Waals surface area contributed by atoms with Crippen molar-refractivity contribution < 1.29 is 19.4 Å². The Labute approximate surface area is 125 Å². The Balaban J connectivity index is 2.19. The molecule has 0 aliphatic rings. The Bertz CT molecular complexity index is 426. The van der Waals surface area contributed by atoms with E-state index in [-0.39, 0.29) is 12.5 Å². The molecule has 0 aliphatic carbocycles. The molecule has 1 aromatic rings. The SMILES string of the molecule is CCNC(=O)CCNCC(O)COc1ccccc1OC. The lowest BCUT2D eigenvalue weighted by atomic mass is 10.3. The Morgan fingerprint density at radius 2 is 2.05 bits per heavy atom. The number of aliphatic hydroxyl groups excluding tert-OH is 1. The van der Waals surface area contributed by atoms with Crippen molar-refractivity contribution in [1.82, 2.24) is 10.6 Å². The van der Waals surface area contributed by atoms with Gasteiger partial charge in [0.05, 0.1) is 7.11 Å². The number of para-hydroxylation sites is 2. The van der Waals surface area contributed by atoms with Crippen LogP contribution < -0.4 is 20.1 Å². The quantitative estimate of drug-likeness (QED) is 0.550. The van der Waals surface area contributed by atoms with Gasteiger partial charge >= 0.3 is 0 Å². The highest BCUT2D eigenvalue weighted by atomic mass is 16.5. The Hall–Kier alpha value is -1.79. The van der Waals surface area contributed by atoms with Crippen molar-refractivity contribution in [3.05, 3.63) is 24.3 Å². The van der Waals surface area contributed by atoms with Crippen LogP contribution in [-0.4, -0.2) is 50.5 Å². The van der Waals surface area contributed by atoms with Crippen LogP contribution >= 0.6 is 0 Å². The third-order valence-electron chi connectivity index (χ3n) is 2.78. The molecule has 21 heavy (non-hydrogen) atoms. The summed E-state index contributed by atoms with van der Waals surface area (Å²) < 4.78 is 10.7. The van der Waals surface area contributed by atoms with E-state index in [1.165, 1.54) is 0 Å². The molecule has 0 bridgehead atoms. The molecule has 6 heteroatoms. The summed E-state index contributed by atoms with van der Waals surface area (Å²) in [7, 11) is 1.57. The molecule has 0 heterocycles. The van der Waals surface area contributed by atoms with E-state index in [2.05, 4.69) is 10.6 Å². The lowest BCUT2D eigenvalue weighted by Crippen LogP contribution is -2.34. The number of hydrogen-bond acceptors (Lipinski definition) is 5. The molecule has 0 aliphatic heterocycles. The average Bonchev–Trinajstić information content (AvgIpc) is 2.50. The van der Waals surface area contributed by atoms with Gasteiger partial charge in [0, 0.05) is 26.1 Å². The summed E-state index contributed by atoms with van der Waals surface area (Å²) in [4.78, 5) is 11.2. The molecule has 1 atom stereocenters. The second-order valence-electron chi connectivity index (χ2n) is 4.52. The Kier molecular flexibility index (Phi) is 8.23. The van der Waals surface area contributed by atoms with Crippen LogP contribution in [0.25, 0.3) is 0 Å². The van der Waals surface area contributed by atoms with Crippen molar-refractivity contribution in [1.29, 1.82) is 0 Å². The summed E-state index contributed by atoms with van der Waals surface area (Å²) in [6.07, 6.45) is -0.252. The topological polar surface area (TPSA) is 79.8 Å². The first-order valence-corrected chi connectivity index (χ1v) is 7.08. The monoisotopic (exact) mass is 296 g/mol. The summed E-state index contributed by atoms with van der Waals surface area (Å²) in [5.74, 6) is 1.24. The smallest absolute Gasteiger partial charge is 0.221 e. The molecule has 0 spiro atoms. The zero-order valence-electron chi connectivity index (χ0n) is 12.6. The van der Waals surface area contributed by atoms with Gasteiger partial charge in [-0.1, -0.05) is 12.1 Å². The lowest BCUT2D eigenvalue weighted by molar-refractivity contribution is -0.120. The number of nitrogens with one attached hydrogen (secondary N) is 2. The lowest BCUT2D eigenvalue weighted by Gasteiger charge is -2.14. The highest BCUT2D eigenvalue weighted by molar-refractivity contribution is 5.75. The van der Waals surface area contributed by atoms with Gasteiger partial charge in [0.2, 0.25) is 5.91 Å². The highest BCUT2D eigenvalue weighted by Gasteiger charge is 2.08. The standard InChI is InChI=1S/C15H24N2O4/c1-3-17-15(19)8-9-16-10-12(18)11-21-14-7-5-4-6-13(14)20-2/h4-7,12,16,18H,3,8-11H2,1-2H3,(H,17,19). The number of methoxy groups -OCH3 is 1. The zero-order valence-corrected chi connectivity index (χ0v) is 12.6. The summed E-state index contributed by atoms with van der Waals surface area (Å²) in [6, 6.07) is 7.28. The molecule has 0 fully saturated rings. The summed E-state index contributed by atoms with van der Waals surface area (Å²) >= 11 is 0. The van der Waals surface area contributed by atoms with Gasteiger partial charge in [-0.25, -0.2) is 0 Å². The number of aliphatic hydroxyl groups is 1. The average molecular weight is 296 g/mol. The van der Waals surface area contributed by atoms with Crippen LogP contribution in [0, 0.1) is 0 Å². The van der Waals surface area contributed by atoms with E-state index in [1.54, 1.807) is 19.2 Å². The van der Waals surface area contributed by atoms with Crippen LogP contribution in [0.5, 0.6) is 11.5 Å². The van der Waals surface area contributed by atoms with Gasteiger partial charge in [-0.05, 0) is 19.1 Å². The van der Waals surface area contributed by atoms with E-state index in [0.717, 1.165) is 0 Å². The van der Waals surface area contributed by atoms with Gasteiger partial charge in [-0.3, -0.25) is 4.79 Å². The second-order valence-corrected chi connectivity index (χ2v) is 4.52. The number of hydrogen-bond donors (Lipinski definition) is 3. The van der Waals surface area contributed by atoms with Gasteiger partial charge in [0.15, 0.2) is 11.5 Å². The van der Waals surface area contributed by atoms with E-state index in [9.17, 15) is 9.90 Å². The van der Waals surface area contributed by atoms with Gasteiger partial charge in [-0.2, -0.15) is 0 Å². The molecule has 0 saturated heterocycles. The maximum Gasteiger partial charge on any atom is 0.221 e. The zero-order chi connectivity index (χ0) is 15.5. The summed E-state index contributed by atoms with van der Waals surface area (Å²) in [6.45, 7) is 3.57. The molecule has 1 unspecified atom stereocenters. The highest BCUT2D eigenvalue weighted by Crippen LogP contribution is 2.25. The van der Waals surface area contributed by atoms with E-state index in [4.69, 9.17) is 9.47 Å². The number of benzene rings is 1. The molecule has 1 aromatic carbocycles. The first kappa shape index (κ1) is 17.3. The van der Waals surface area contributed by atoms with E-state index < -0.39 is 6.10 Å².